The van der Waals surface area contributed by atoms with Crippen molar-refractivity contribution in [2.45, 2.75) is 38.8 Å². The predicted octanol–water partition coefficient (Wildman–Crippen LogP) is 2.47. The number of benzene rings is 1. The molecule has 0 spiro atoms. The van der Waals surface area contributed by atoms with Gasteiger partial charge in [0.1, 0.15) is 5.82 Å². The summed E-state index contributed by atoms with van der Waals surface area (Å²) in [6.07, 6.45) is 1.22. The van der Waals surface area contributed by atoms with E-state index in [1.807, 2.05) is 30.9 Å². The van der Waals surface area contributed by atoms with Crippen molar-refractivity contribution < 1.29 is 14.2 Å². The SMILES string of the molecule is CCC(O)CCNC(C)c1ccc(N2CCOCC2)c(F)c1. The Morgan fingerprint density at radius 2 is 2.09 bits per heavy atom. The topological polar surface area (TPSA) is 44.7 Å². The van der Waals surface area contributed by atoms with Crippen molar-refractivity contribution in [3.63, 3.8) is 0 Å². The number of rotatable bonds is 7. The number of aliphatic hydroxyl groups is 1. The Bertz CT molecular complexity index is 464. The summed E-state index contributed by atoms with van der Waals surface area (Å²) in [4.78, 5) is 2.03. The smallest absolute Gasteiger partial charge is 0.146 e. The van der Waals surface area contributed by atoms with Gasteiger partial charge in [-0.15, -0.1) is 0 Å². The summed E-state index contributed by atoms with van der Waals surface area (Å²) >= 11 is 0. The summed E-state index contributed by atoms with van der Waals surface area (Å²) in [6, 6.07) is 5.51. The highest BCUT2D eigenvalue weighted by molar-refractivity contribution is 5.49. The van der Waals surface area contributed by atoms with Crippen LogP contribution in [0.5, 0.6) is 0 Å². The molecule has 1 aliphatic heterocycles. The fraction of sp³-hybridized carbons (Fsp3) is 0.647. The zero-order valence-corrected chi connectivity index (χ0v) is 13.5. The lowest BCUT2D eigenvalue weighted by atomic mass is 10.1. The lowest BCUT2D eigenvalue weighted by Gasteiger charge is -2.29. The summed E-state index contributed by atoms with van der Waals surface area (Å²) in [6.45, 7) is 7.48. The highest BCUT2D eigenvalue weighted by atomic mass is 19.1. The van der Waals surface area contributed by atoms with Crippen molar-refractivity contribution >= 4 is 5.69 Å². The fourth-order valence-corrected chi connectivity index (χ4v) is 2.64. The number of nitrogens with one attached hydrogen (secondary N) is 1. The summed E-state index contributed by atoms with van der Waals surface area (Å²) in [5.41, 5.74) is 1.58. The Morgan fingerprint density at radius 3 is 2.73 bits per heavy atom. The molecule has 1 fully saturated rings. The molecule has 0 aliphatic carbocycles. The maximum Gasteiger partial charge on any atom is 0.146 e. The molecule has 0 bridgehead atoms. The van der Waals surface area contributed by atoms with Gasteiger partial charge >= 0.3 is 0 Å². The number of anilines is 1. The summed E-state index contributed by atoms with van der Waals surface area (Å²) < 4.78 is 19.7. The van der Waals surface area contributed by atoms with Gasteiger partial charge in [0.05, 0.1) is 25.0 Å². The molecule has 1 aromatic rings. The van der Waals surface area contributed by atoms with Crippen LogP contribution >= 0.6 is 0 Å². The molecule has 2 unspecified atom stereocenters. The summed E-state index contributed by atoms with van der Waals surface area (Å²) in [7, 11) is 0. The van der Waals surface area contributed by atoms with Crippen molar-refractivity contribution in [3.05, 3.63) is 29.6 Å². The number of aliphatic hydroxyl groups excluding tert-OH is 1. The van der Waals surface area contributed by atoms with Crippen LogP contribution in [0.2, 0.25) is 0 Å². The fourth-order valence-electron chi connectivity index (χ4n) is 2.64. The highest BCUT2D eigenvalue weighted by Crippen LogP contribution is 2.24. The molecule has 1 heterocycles. The lowest BCUT2D eigenvalue weighted by Crippen LogP contribution is -2.36. The van der Waals surface area contributed by atoms with Gasteiger partial charge in [-0.2, -0.15) is 0 Å². The van der Waals surface area contributed by atoms with Crippen LogP contribution in [-0.2, 0) is 4.74 Å². The predicted molar refractivity (Wildman–Crippen MR) is 86.8 cm³/mol. The van der Waals surface area contributed by atoms with Gasteiger partial charge in [-0.3, -0.25) is 0 Å². The van der Waals surface area contributed by atoms with Crippen molar-refractivity contribution in [3.8, 4) is 0 Å². The van der Waals surface area contributed by atoms with Gasteiger partial charge in [0.2, 0.25) is 0 Å². The Morgan fingerprint density at radius 1 is 1.36 bits per heavy atom. The highest BCUT2D eigenvalue weighted by Gasteiger charge is 2.16. The van der Waals surface area contributed by atoms with Crippen molar-refractivity contribution in [1.29, 1.82) is 0 Å². The van der Waals surface area contributed by atoms with Gasteiger partial charge in [-0.05, 0) is 44.0 Å². The first-order chi connectivity index (χ1) is 10.6. The standard InChI is InChI=1S/C17H27FN2O2/c1-3-15(21)6-7-19-13(2)14-4-5-17(16(18)12-14)20-8-10-22-11-9-20/h4-5,12-13,15,19,21H,3,6-11H2,1-2H3. The average Bonchev–Trinajstić information content (AvgIpc) is 2.55. The molecule has 22 heavy (non-hydrogen) atoms. The van der Waals surface area contributed by atoms with Crippen LogP contribution in [0.25, 0.3) is 0 Å². The molecule has 2 atom stereocenters. The molecule has 5 heteroatoms. The first-order valence-electron chi connectivity index (χ1n) is 8.15. The third kappa shape index (κ3) is 4.66. The maximum atomic E-state index is 14.3. The van der Waals surface area contributed by atoms with Crippen molar-refractivity contribution in [2.75, 3.05) is 37.7 Å². The molecular weight excluding hydrogens is 283 g/mol. The quantitative estimate of drug-likeness (QED) is 0.812. The van der Waals surface area contributed by atoms with E-state index in [-0.39, 0.29) is 18.0 Å². The van der Waals surface area contributed by atoms with E-state index in [2.05, 4.69) is 5.32 Å². The monoisotopic (exact) mass is 310 g/mol. The maximum absolute atomic E-state index is 14.3. The Balaban J connectivity index is 1.93. The summed E-state index contributed by atoms with van der Waals surface area (Å²) in [5, 5.41) is 12.9. The van der Waals surface area contributed by atoms with E-state index in [4.69, 9.17) is 4.74 Å². The number of ether oxygens (including phenoxy) is 1. The molecule has 124 valence electrons. The minimum Gasteiger partial charge on any atom is -0.393 e. The molecular formula is C17H27FN2O2. The second-order valence-electron chi connectivity index (χ2n) is 5.84. The van der Waals surface area contributed by atoms with E-state index in [1.54, 1.807) is 6.07 Å². The van der Waals surface area contributed by atoms with E-state index in [1.165, 1.54) is 0 Å². The molecule has 0 amide bonds. The number of morpholine rings is 1. The van der Waals surface area contributed by atoms with Gasteiger partial charge in [0.25, 0.3) is 0 Å². The van der Waals surface area contributed by atoms with E-state index < -0.39 is 0 Å². The number of halogens is 1. The van der Waals surface area contributed by atoms with Crippen LogP contribution in [0.3, 0.4) is 0 Å². The Labute approximate surface area is 132 Å². The molecule has 0 saturated carbocycles. The summed E-state index contributed by atoms with van der Waals surface area (Å²) in [5.74, 6) is -0.179. The van der Waals surface area contributed by atoms with E-state index >= 15 is 0 Å². The Kier molecular flexibility index (Phi) is 6.61. The average molecular weight is 310 g/mol. The largest absolute Gasteiger partial charge is 0.393 e. The molecule has 0 aromatic heterocycles. The zero-order chi connectivity index (χ0) is 15.9. The van der Waals surface area contributed by atoms with Crippen molar-refractivity contribution in [2.24, 2.45) is 0 Å². The molecule has 2 rings (SSSR count). The first kappa shape index (κ1) is 17.2. The second-order valence-corrected chi connectivity index (χ2v) is 5.84. The van der Waals surface area contributed by atoms with E-state index in [0.29, 0.717) is 18.9 Å². The number of nitrogens with zero attached hydrogens (tertiary/aromatic N) is 1. The third-order valence-corrected chi connectivity index (χ3v) is 4.22. The molecule has 2 N–H and O–H groups in total. The number of hydrogen-bond donors (Lipinski definition) is 2. The second kappa shape index (κ2) is 8.46. The minimum absolute atomic E-state index is 0.0669. The molecule has 1 saturated heterocycles. The first-order valence-corrected chi connectivity index (χ1v) is 8.15. The van der Waals surface area contributed by atoms with Crippen LogP contribution in [0.4, 0.5) is 10.1 Å². The Hall–Kier alpha value is -1.17. The van der Waals surface area contributed by atoms with Gasteiger partial charge in [-0.1, -0.05) is 13.0 Å². The van der Waals surface area contributed by atoms with Crippen LogP contribution < -0.4 is 10.2 Å². The molecule has 1 aliphatic rings. The molecule has 4 nitrogen and oxygen atoms in total. The number of hydrogen-bond acceptors (Lipinski definition) is 4. The van der Waals surface area contributed by atoms with Crippen LogP contribution in [0, 0.1) is 5.82 Å². The third-order valence-electron chi connectivity index (χ3n) is 4.22. The lowest BCUT2D eigenvalue weighted by molar-refractivity contribution is 0.122. The van der Waals surface area contributed by atoms with E-state index in [0.717, 1.165) is 38.0 Å². The zero-order valence-electron chi connectivity index (χ0n) is 13.5. The molecule has 1 aromatic carbocycles. The van der Waals surface area contributed by atoms with Gasteiger partial charge in [0, 0.05) is 19.1 Å². The van der Waals surface area contributed by atoms with Crippen LogP contribution in [0.1, 0.15) is 38.3 Å². The minimum atomic E-state index is -0.264. The van der Waals surface area contributed by atoms with Gasteiger partial charge < -0.3 is 20.1 Å². The van der Waals surface area contributed by atoms with Crippen molar-refractivity contribution in [1.82, 2.24) is 5.32 Å². The van der Waals surface area contributed by atoms with E-state index in [9.17, 15) is 9.50 Å². The van der Waals surface area contributed by atoms with Gasteiger partial charge in [0.15, 0.2) is 0 Å². The normalized spacial score (nSPS) is 18.3. The van der Waals surface area contributed by atoms with Crippen LogP contribution in [0.15, 0.2) is 18.2 Å². The molecule has 0 radical (unpaired) electrons. The van der Waals surface area contributed by atoms with Crippen LogP contribution in [-0.4, -0.2) is 44.1 Å². The van der Waals surface area contributed by atoms with Gasteiger partial charge in [-0.25, -0.2) is 4.39 Å².